The highest BCUT2D eigenvalue weighted by Gasteiger charge is 2.17. The van der Waals surface area contributed by atoms with E-state index in [0.717, 1.165) is 0 Å². The molecule has 1 unspecified atom stereocenters. The average molecular weight is 192 g/mol. The molecule has 0 amide bonds. The highest BCUT2D eigenvalue weighted by molar-refractivity contribution is 7.31. The van der Waals surface area contributed by atoms with E-state index < -0.39 is 14.2 Å². The van der Waals surface area contributed by atoms with Gasteiger partial charge in [-0.15, -0.1) is 0 Å². The van der Waals surface area contributed by atoms with Crippen LogP contribution in [0.1, 0.15) is 19.8 Å². The molecule has 0 rings (SSSR count). The lowest BCUT2D eigenvalue weighted by Crippen LogP contribution is -2.06. The molecule has 0 bridgehead atoms. The molecule has 5 nitrogen and oxygen atoms in total. The highest BCUT2D eigenvalue weighted by atomic mass is 31.1. The van der Waals surface area contributed by atoms with Gasteiger partial charge in [0.15, 0.2) is 0 Å². The fourth-order valence-electron chi connectivity index (χ4n) is 0.615. The van der Waals surface area contributed by atoms with Gasteiger partial charge in [0, 0.05) is 0 Å². The summed E-state index contributed by atoms with van der Waals surface area (Å²) in [6, 6.07) is 0. The third-order valence-electron chi connectivity index (χ3n) is 1.09. The number of aliphatic hydroxyl groups is 1. The van der Waals surface area contributed by atoms with Crippen LogP contribution in [0, 0.1) is 0 Å². The second-order valence-corrected chi connectivity index (χ2v) is 2.64. The van der Waals surface area contributed by atoms with Crippen molar-refractivity contribution in [3.05, 3.63) is 11.8 Å². The fourth-order valence-corrected chi connectivity index (χ4v) is 0.868. The molecule has 0 heterocycles. The van der Waals surface area contributed by atoms with E-state index in [2.05, 4.69) is 4.52 Å². The lowest BCUT2D eigenvalue weighted by Gasteiger charge is -1.96. The molecule has 0 aromatic carbocycles. The van der Waals surface area contributed by atoms with E-state index in [1.54, 1.807) is 6.92 Å². The van der Waals surface area contributed by atoms with Gasteiger partial charge in [-0.2, -0.15) is 0 Å². The average Bonchev–Trinajstić information content (AvgIpc) is 1.98. The molecule has 0 aliphatic carbocycles. The zero-order valence-corrected chi connectivity index (χ0v) is 7.41. The van der Waals surface area contributed by atoms with Gasteiger partial charge in [-0.3, -0.25) is 0 Å². The van der Waals surface area contributed by atoms with Crippen LogP contribution >= 0.6 is 8.25 Å². The van der Waals surface area contributed by atoms with E-state index in [-0.39, 0.29) is 5.57 Å². The van der Waals surface area contributed by atoms with Gasteiger partial charge in [0.2, 0.25) is 0 Å². The molecule has 6 heteroatoms. The molecule has 1 atom stereocenters. The van der Waals surface area contributed by atoms with E-state index in [1.807, 2.05) is 0 Å². The van der Waals surface area contributed by atoms with Crippen molar-refractivity contribution < 1.29 is 23.9 Å². The van der Waals surface area contributed by atoms with Gasteiger partial charge in [-0.1, -0.05) is 13.3 Å². The van der Waals surface area contributed by atoms with Crippen LogP contribution in [0.15, 0.2) is 11.8 Å². The van der Waals surface area contributed by atoms with Crippen LogP contribution in [0.3, 0.4) is 0 Å². The molecule has 68 valence electrons. The Morgan fingerprint density at radius 1 is 1.75 bits per heavy atom. The summed E-state index contributed by atoms with van der Waals surface area (Å²) < 4.78 is 13.8. The van der Waals surface area contributed by atoms with E-state index in [1.165, 1.54) is 0 Å². The van der Waals surface area contributed by atoms with Crippen LogP contribution in [0.2, 0.25) is 0 Å². The molecule has 0 radical (unpaired) electrons. The van der Waals surface area contributed by atoms with Gasteiger partial charge in [0.05, 0.1) is 11.8 Å². The first-order chi connectivity index (χ1) is 5.61. The Kier molecular flexibility index (Phi) is 5.25. The van der Waals surface area contributed by atoms with Crippen molar-refractivity contribution >= 4 is 14.2 Å². The van der Waals surface area contributed by atoms with E-state index >= 15 is 0 Å². The Hall–Kier alpha value is -0.930. The van der Waals surface area contributed by atoms with Gasteiger partial charge in [0.25, 0.3) is 0 Å². The number of carbonyl (C=O) groups is 1. The van der Waals surface area contributed by atoms with Crippen LogP contribution in [-0.2, 0) is 13.9 Å². The predicted octanol–water partition coefficient (Wildman–Crippen LogP) is 0.789. The van der Waals surface area contributed by atoms with Crippen LogP contribution in [0.25, 0.3) is 0 Å². The summed E-state index contributed by atoms with van der Waals surface area (Å²) in [6.07, 6.45) is 1.47. The summed E-state index contributed by atoms with van der Waals surface area (Å²) in [4.78, 5) is 20.7. The van der Waals surface area contributed by atoms with Crippen molar-refractivity contribution in [1.29, 1.82) is 0 Å². The summed E-state index contributed by atoms with van der Waals surface area (Å²) in [6.45, 7) is 1.79. The zero-order chi connectivity index (χ0) is 9.56. The van der Waals surface area contributed by atoms with Crippen LogP contribution in [-0.4, -0.2) is 11.1 Å². The molecule has 0 aliphatic heterocycles. The van der Waals surface area contributed by atoms with Crippen LogP contribution in [0.5, 0.6) is 0 Å². The second-order valence-electron chi connectivity index (χ2n) is 2.01. The first-order valence-corrected chi connectivity index (χ1v) is 4.41. The maximum absolute atomic E-state index is 10.7. The van der Waals surface area contributed by atoms with Crippen molar-refractivity contribution in [2.45, 2.75) is 19.8 Å². The van der Waals surface area contributed by atoms with E-state index in [0.29, 0.717) is 19.1 Å². The second kappa shape index (κ2) is 5.69. The predicted molar refractivity (Wildman–Crippen MR) is 39.3 cm³/mol. The Bertz CT molecular complexity index is 210. The molecule has 0 aromatic rings. The van der Waals surface area contributed by atoms with Crippen molar-refractivity contribution in [2.75, 3.05) is 0 Å². The fraction of sp³-hybridized carbons (Fsp3) is 0.500. The summed E-state index contributed by atoms with van der Waals surface area (Å²) >= 11 is 0. The number of carbonyl (C=O) groups excluding carboxylic acids is 1. The molecule has 1 N–H and O–H groups in total. The lowest BCUT2D eigenvalue weighted by atomic mass is 10.2. The molecule has 0 saturated carbocycles. The zero-order valence-electron chi connectivity index (χ0n) is 6.52. The van der Waals surface area contributed by atoms with Gasteiger partial charge in [-0.25, -0.2) is 9.32 Å². The third-order valence-corrected chi connectivity index (χ3v) is 1.41. The SMILES string of the molecule is CCCC(=CO)C(=O)O[P+](=O)[O-]. The van der Waals surface area contributed by atoms with Crippen LogP contribution < -0.4 is 4.89 Å². The molecule has 0 aliphatic rings. The molecule has 0 aromatic heterocycles. The molecule has 0 saturated heterocycles. The summed E-state index contributed by atoms with van der Waals surface area (Å²) in [5.41, 5.74) is -0.0447. The van der Waals surface area contributed by atoms with Crippen molar-refractivity contribution in [3.63, 3.8) is 0 Å². The highest BCUT2D eigenvalue weighted by Crippen LogP contribution is 2.15. The van der Waals surface area contributed by atoms with Crippen molar-refractivity contribution in [1.82, 2.24) is 0 Å². The number of hydrogen-bond donors (Lipinski definition) is 1. The smallest absolute Gasteiger partial charge is 0.542 e. The van der Waals surface area contributed by atoms with Gasteiger partial charge in [0.1, 0.15) is 0 Å². The molecule has 12 heavy (non-hydrogen) atoms. The molecular formula is C6H9O5P. The summed E-state index contributed by atoms with van der Waals surface area (Å²) in [5.74, 6) is -1.02. The van der Waals surface area contributed by atoms with Crippen molar-refractivity contribution in [2.24, 2.45) is 0 Å². The third kappa shape index (κ3) is 4.05. The monoisotopic (exact) mass is 192 g/mol. The molecule has 0 fully saturated rings. The maximum Gasteiger partial charge on any atom is 0.542 e. The van der Waals surface area contributed by atoms with E-state index in [9.17, 15) is 14.3 Å². The first kappa shape index (κ1) is 11.1. The lowest BCUT2D eigenvalue weighted by molar-refractivity contribution is -0.187. The quantitative estimate of drug-likeness (QED) is 0.404. The number of aliphatic hydroxyl groups excluding tert-OH is 1. The topological polar surface area (TPSA) is 86.7 Å². The summed E-state index contributed by atoms with van der Waals surface area (Å²) in [5, 5.41) is 8.48. The Morgan fingerprint density at radius 2 is 2.33 bits per heavy atom. The van der Waals surface area contributed by atoms with Crippen LogP contribution in [0.4, 0.5) is 0 Å². The standard InChI is InChI=1S/C6H9O5P/c1-2-3-5(4-7)6(8)11-12(9)10/h4,7H,2-3H2,1H3. The van der Waals surface area contributed by atoms with Gasteiger partial charge < -0.3 is 10.00 Å². The van der Waals surface area contributed by atoms with Gasteiger partial charge in [-0.05, 0) is 11.0 Å². The number of hydrogen-bond acceptors (Lipinski definition) is 5. The maximum atomic E-state index is 10.7. The molecule has 0 spiro atoms. The van der Waals surface area contributed by atoms with E-state index in [4.69, 9.17) is 5.11 Å². The molecular weight excluding hydrogens is 183 g/mol. The Labute approximate surface area is 70.6 Å². The largest absolute Gasteiger partial charge is 0.558 e. The Balaban J connectivity index is 4.14. The first-order valence-electron chi connectivity index (χ1n) is 3.31. The minimum atomic E-state index is -3.19. The minimum Gasteiger partial charge on any atom is -0.558 e. The Morgan fingerprint density at radius 3 is 2.67 bits per heavy atom. The number of rotatable bonds is 4. The van der Waals surface area contributed by atoms with Gasteiger partial charge >= 0.3 is 14.2 Å². The summed E-state index contributed by atoms with van der Waals surface area (Å²) in [7, 11) is -3.19. The normalized spacial score (nSPS) is 12.5. The van der Waals surface area contributed by atoms with Crippen molar-refractivity contribution in [3.8, 4) is 0 Å². The minimum absolute atomic E-state index is 0.0447.